The number of furan rings is 1. The molecule has 0 unspecified atom stereocenters. The SMILES string of the molecule is CN(Cc1ccco1)C(=O)CC1(C(=O)O)CCCCC1. The number of hydrogen-bond acceptors (Lipinski definition) is 3. The zero-order chi connectivity index (χ0) is 14.6. The van der Waals surface area contributed by atoms with Crippen molar-refractivity contribution in [3.8, 4) is 0 Å². The molecule has 1 aliphatic carbocycles. The van der Waals surface area contributed by atoms with Crippen molar-refractivity contribution in [3.63, 3.8) is 0 Å². The fourth-order valence-corrected chi connectivity index (χ4v) is 2.84. The molecule has 5 heteroatoms. The molecule has 1 aromatic rings. The summed E-state index contributed by atoms with van der Waals surface area (Å²) < 4.78 is 5.21. The van der Waals surface area contributed by atoms with E-state index < -0.39 is 11.4 Å². The summed E-state index contributed by atoms with van der Waals surface area (Å²) in [7, 11) is 1.68. The molecular formula is C15H21NO4. The van der Waals surface area contributed by atoms with Gasteiger partial charge in [-0.1, -0.05) is 19.3 Å². The van der Waals surface area contributed by atoms with Gasteiger partial charge in [-0.2, -0.15) is 0 Å². The van der Waals surface area contributed by atoms with Gasteiger partial charge in [0.25, 0.3) is 0 Å². The Morgan fingerprint density at radius 1 is 1.35 bits per heavy atom. The molecule has 0 atom stereocenters. The van der Waals surface area contributed by atoms with E-state index in [0.717, 1.165) is 19.3 Å². The molecule has 0 aromatic carbocycles. The summed E-state index contributed by atoms with van der Waals surface area (Å²) in [6.45, 7) is 0.377. The molecule has 1 heterocycles. The van der Waals surface area contributed by atoms with E-state index in [-0.39, 0.29) is 12.3 Å². The average Bonchev–Trinajstić information content (AvgIpc) is 2.92. The van der Waals surface area contributed by atoms with Crippen molar-refractivity contribution < 1.29 is 19.1 Å². The first-order valence-corrected chi connectivity index (χ1v) is 7.03. The van der Waals surface area contributed by atoms with Gasteiger partial charge >= 0.3 is 5.97 Å². The summed E-state index contributed by atoms with van der Waals surface area (Å²) in [6, 6.07) is 3.57. The van der Waals surface area contributed by atoms with Crippen LogP contribution in [0.15, 0.2) is 22.8 Å². The summed E-state index contributed by atoms with van der Waals surface area (Å²) in [4.78, 5) is 25.4. The van der Waals surface area contributed by atoms with Crippen molar-refractivity contribution >= 4 is 11.9 Å². The molecule has 0 saturated heterocycles. The zero-order valence-corrected chi connectivity index (χ0v) is 11.8. The largest absolute Gasteiger partial charge is 0.481 e. The minimum absolute atomic E-state index is 0.0829. The first-order chi connectivity index (χ1) is 9.53. The molecule has 1 aromatic heterocycles. The van der Waals surface area contributed by atoms with Crippen molar-refractivity contribution in [2.24, 2.45) is 5.41 Å². The molecular weight excluding hydrogens is 258 g/mol. The van der Waals surface area contributed by atoms with E-state index in [0.29, 0.717) is 25.1 Å². The maximum Gasteiger partial charge on any atom is 0.310 e. The second kappa shape index (κ2) is 6.11. The minimum Gasteiger partial charge on any atom is -0.481 e. The van der Waals surface area contributed by atoms with Gasteiger partial charge in [-0.15, -0.1) is 0 Å². The Bertz CT molecular complexity index is 460. The minimum atomic E-state index is -0.868. The molecule has 0 radical (unpaired) electrons. The van der Waals surface area contributed by atoms with E-state index in [4.69, 9.17) is 4.42 Å². The van der Waals surface area contributed by atoms with Crippen LogP contribution in [0, 0.1) is 5.41 Å². The van der Waals surface area contributed by atoms with Gasteiger partial charge in [-0.25, -0.2) is 0 Å². The van der Waals surface area contributed by atoms with Crippen LogP contribution in [0.4, 0.5) is 0 Å². The standard InChI is InChI=1S/C15H21NO4/c1-16(11-12-6-5-9-20-12)13(17)10-15(14(18)19)7-3-2-4-8-15/h5-6,9H,2-4,7-8,10-11H2,1H3,(H,18,19). The molecule has 20 heavy (non-hydrogen) atoms. The van der Waals surface area contributed by atoms with Gasteiger partial charge in [0.05, 0.1) is 18.2 Å². The van der Waals surface area contributed by atoms with Gasteiger partial charge in [0.2, 0.25) is 5.91 Å². The first-order valence-electron chi connectivity index (χ1n) is 7.03. The van der Waals surface area contributed by atoms with Crippen molar-refractivity contribution in [1.82, 2.24) is 4.90 Å². The third kappa shape index (κ3) is 3.21. The van der Waals surface area contributed by atoms with Gasteiger partial charge in [-0.3, -0.25) is 9.59 Å². The van der Waals surface area contributed by atoms with E-state index in [2.05, 4.69) is 0 Å². The predicted octanol–water partition coefficient (Wildman–Crippen LogP) is 2.66. The quantitative estimate of drug-likeness (QED) is 0.899. The van der Waals surface area contributed by atoms with Crippen molar-refractivity contribution in [2.45, 2.75) is 45.1 Å². The number of hydrogen-bond donors (Lipinski definition) is 1. The highest BCUT2D eigenvalue weighted by Gasteiger charge is 2.42. The third-order valence-corrected chi connectivity index (χ3v) is 4.15. The molecule has 1 N–H and O–H groups in total. The third-order valence-electron chi connectivity index (χ3n) is 4.15. The topological polar surface area (TPSA) is 70.8 Å². The Hall–Kier alpha value is -1.78. The lowest BCUT2D eigenvalue weighted by atomic mass is 9.71. The predicted molar refractivity (Wildman–Crippen MR) is 73.0 cm³/mol. The normalized spacial score (nSPS) is 17.6. The number of rotatable bonds is 5. The number of carboxylic acids is 1. The Kier molecular flexibility index (Phi) is 4.47. The van der Waals surface area contributed by atoms with Gasteiger partial charge < -0.3 is 14.4 Å². The Morgan fingerprint density at radius 2 is 2.05 bits per heavy atom. The Labute approximate surface area is 118 Å². The molecule has 0 bridgehead atoms. The molecule has 1 saturated carbocycles. The van der Waals surface area contributed by atoms with Crippen LogP contribution in [0.5, 0.6) is 0 Å². The number of aliphatic carboxylic acids is 1. The number of carbonyl (C=O) groups excluding carboxylic acids is 1. The maximum atomic E-state index is 12.3. The fourth-order valence-electron chi connectivity index (χ4n) is 2.84. The number of amides is 1. The van der Waals surface area contributed by atoms with Gasteiger partial charge in [0, 0.05) is 13.5 Å². The summed E-state index contributed by atoms with van der Waals surface area (Å²) in [5.41, 5.74) is -0.868. The highest BCUT2D eigenvalue weighted by Crippen LogP contribution is 2.40. The molecule has 1 amide bonds. The molecule has 0 spiro atoms. The Morgan fingerprint density at radius 3 is 2.60 bits per heavy atom. The smallest absolute Gasteiger partial charge is 0.310 e. The summed E-state index contributed by atoms with van der Waals surface area (Å²) in [5, 5.41) is 9.49. The van der Waals surface area contributed by atoms with Crippen LogP contribution >= 0.6 is 0 Å². The van der Waals surface area contributed by atoms with Crippen LogP contribution < -0.4 is 0 Å². The van der Waals surface area contributed by atoms with E-state index in [1.54, 1.807) is 25.4 Å². The second-order valence-electron chi connectivity index (χ2n) is 5.65. The van der Waals surface area contributed by atoms with Crippen molar-refractivity contribution in [3.05, 3.63) is 24.2 Å². The van der Waals surface area contributed by atoms with Crippen LogP contribution in [-0.4, -0.2) is 28.9 Å². The van der Waals surface area contributed by atoms with Crippen molar-refractivity contribution in [2.75, 3.05) is 7.05 Å². The monoisotopic (exact) mass is 279 g/mol. The lowest BCUT2D eigenvalue weighted by Gasteiger charge is -2.33. The van der Waals surface area contributed by atoms with Crippen LogP contribution in [0.25, 0.3) is 0 Å². The molecule has 0 aliphatic heterocycles. The molecule has 1 fully saturated rings. The van der Waals surface area contributed by atoms with Gasteiger partial charge in [0.1, 0.15) is 5.76 Å². The van der Waals surface area contributed by atoms with Crippen molar-refractivity contribution in [1.29, 1.82) is 0 Å². The number of nitrogens with zero attached hydrogens (tertiary/aromatic N) is 1. The molecule has 1 aliphatic rings. The zero-order valence-electron chi connectivity index (χ0n) is 11.8. The second-order valence-corrected chi connectivity index (χ2v) is 5.65. The van der Waals surface area contributed by atoms with Crippen LogP contribution in [-0.2, 0) is 16.1 Å². The number of carbonyl (C=O) groups is 2. The van der Waals surface area contributed by atoms with E-state index in [9.17, 15) is 14.7 Å². The molecule has 5 nitrogen and oxygen atoms in total. The molecule has 2 rings (SSSR count). The Balaban J connectivity index is 1.99. The van der Waals surface area contributed by atoms with E-state index in [1.165, 1.54) is 4.90 Å². The van der Waals surface area contributed by atoms with Crippen LogP contribution in [0.2, 0.25) is 0 Å². The molecule has 110 valence electrons. The fraction of sp³-hybridized carbons (Fsp3) is 0.600. The van der Waals surface area contributed by atoms with Crippen LogP contribution in [0.3, 0.4) is 0 Å². The number of carboxylic acid groups (broad SMARTS) is 1. The highest BCUT2D eigenvalue weighted by molar-refractivity contribution is 5.85. The lowest BCUT2D eigenvalue weighted by molar-refractivity contribution is -0.155. The van der Waals surface area contributed by atoms with E-state index >= 15 is 0 Å². The summed E-state index contributed by atoms with van der Waals surface area (Å²) >= 11 is 0. The van der Waals surface area contributed by atoms with Crippen LogP contribution in [0.1, 0.15) is 44.3 Å². The van der Waals surface area contributed by atoms with E-state index in [1.807, 2.05) is 0 Å². The van der Waals surface area contributed by atoms with Gasteiger partial charge in [-0.05, 0) is 25.0 Å². The summed E-state index contributed by atoms with van der Waals surface area (Å²) in [5.74, 6) is -0.267. The first kappa shape index (κ1) is 14.6. The summed E-state index contributed by atoms with van der Waals surface area (Å²) in [6.07, 6.45) is 5.69. The lowest BCUT2D eigenvalue weighted by Crippen LogP contribution is -2.39. The van der Waals surface area contributed by atoms with Gasteiger partial charge in [0.15, 0.2) is 0 Å². The average molecular weight is 279 g/mol. The maximum absolute atomic E-state index is 12.3. The highest BCUT2D eigenvalue weighted by atomic mass is 16.4.